The van der Waals surface area contributed by atoms with Crippen LogP contribution in [0.25, 0.3) is 0 Å². The molecule has 0 amide bonds. The molecule has 0 spiro atoms. The summed E-state index contributed by atoms with van der Waals surface area (Å²) in [6, 6.07) is 7.29. The predicted molar refractivity (Wildman–Crippen MR) is 75.6 cm³/mol. The summed E-state index contributed by atoms with van der Waals surface area (Å²) in [7, 11) is 0. The molecule has 0 unspecified atom stereocenters. The molecule has 2 rings (SSSR count). The Hall–Kier alpha value is -1.16. The molecule has 0 bridgehead atoms. The maximum atomic E-state index is 13.0. The van der Waals surface area contributed by atoms with E-state index in [0.29, 0.717) is 22.1 Å². The van der Waals surface area contributed by atoms with Crippen molar-refractivity contribution in [3.05, 3.63) is 51.2 Å². The summed E-state index contributed by atoms with van der Waals surface area (Å²) in [6.45, 7) is 0. The Kier molecular flexibility index (Phi) is 3.85. The highest BCUT2D eigenvalue weighted by Crippen LogP contribution is 2.35. The van der Waals surface area contributed by atoms with Gasteiger partial charge in [0.2, 0.25) is 0 Å². The highest BCUT2D eigenvalue weighted by atomic mass is 35.5. The molecular formula is C12H8Cl3FN2. The lowest BCUT2D eigenvalue weighted by Crippen LogP contribution is -1.97. The van der Waals surface area contributed by atoms with E-state index in [2.05, 4.69) is 5.32 Å². The lowest BCUT2D eigenvalue weighted by atomic mass is 10.2. The van der Waals surface area contributed by atoms with E-state index >= 15 is 0 Å². The molecule has 6 heteroatoms. The van der Waals surface area contributed by atoms with Crippen LogP contribution in [0.2, 0.25) is 15.1 Å². The number of nitrogens with one attached hydrogen (secondary N) is 1. The molecule has 94 valence electrons. The molecule has 0 aliphatic heterocycles. The summed E-state index contributed by atoms with van der Waals surface area (Å²) in [5, 5.41) is 3.82. The Labute approximate surface area is 118 Å². The maximum Gasteiger partial charge on any atom is 0.126 e. The van der Waals surface area contributed by atoms with E-state index in [9.17, 15) is 4.39 Å². The highest BCUT2D eigenvalue weighted by molar-refractivity contribution is 6.39. The molecule has 0 radical (unpaired) electrons. The second-order valence-corrected chi connectivity index (χ2v) is 4.85. The van der Waals surface area contributed by atoms with Gasteiger partial charge in [-0.05, 0) is 30.3 Å². The van der Waals surface area contributed by atoms with Gasteiger partial charge in [0.25, 0.3) is 0 Å². The van der Waals surface area contributed by atoms with Crippen LogP contribution in [0.1, 0.15) is 0 Å². The van der Waals surface area contributed by atoms with E-state index in [0.717, 1.165) is 0 Å². The average molecular weight is 306 g/mol. The Balaban J connectivity index is 2.40. The summed E-state index contributed by atoms with van der Waals surface area (Å²) in [5.41, 5.74) is 7.22. The number of hydrogen-bond acceptors (Lipinski definition) is 2. The number of nitrogen functional groups attached to an aromatic ring is 1. The van der Waals surface area contributed by atoms with Crippen molar-refractivity contribution in [1.82, 2.24) is 0 Å². The van der Waals surface area contributed by atoms with Gasteiger partial charge in [0.15, 0.2) is 0 Å². The molecule has 2 aromatic rings. The van der Waals surface area contributed by atoms with Crippen molar-refractivity contribution in [3.63, 3.8) is 0 Å². The van der Waals surface area contributed by atoms with E-state index in [-0.39, 0.29) is 10.0 Å². The van der Waals surface area contributed by atoms with Crippen molar-refractivity contribution in [1.29, 1.82) is 0 Å². The number of anilines is 3. The van der Waals surface area contributed by atoms with E-state index in [1.54, 1.807) is 18.2 Å². The number of nitrogens with two attached hydrogens (primary N) is 1. The monoisotopic (exact) mass is 304 g/mol. The van der Waals surface area contributed by atoms with Crippen LogP contribution in [0.3, 0.4) is 0 Å². The number of halogens is 4. The summed E-state index contributed by atoms with van der Waals surface area (Å²) in [6.07, 6.45) is 0. The van der Waals surface area contributed by atoms with E-state index < -0.39 is 5.82 Å². The molecule has 0 saturated carbocycles. The summed E-state index contributed by atoms with van der Waals surface area (Å²) < 4.78 is 13.0. The van der Waals surface area contributed by atoms with Gasteiger partial charge in [0.05, 0.1) is 27.1 Å². The van der Waals surface area contributed by atoms with Gasteiger partial charge in [0.1, 0.15) is 5.82 Å². The first kappa shape index (κ1) is 13.3. The highest BCUT2D eigenvalue weighted by Gasteiger charge is 2.10. The summed E-state index contributed by atoms with van der Waals surface area (Å²) >= 11 is 17.6. The number of hydrogen-bond donors (Lipinski definition) is 2. The molecule has 2 aromatic carbocycles. The Morgan fingerprint density at radius 1 is 1.00 bits per heavy atom. The fraction of sp³-hybridized carbons (Fsp3) is 0. The largest absolute Gasteiger partial charge is 0.397 e. The molecule has 0 atom stereocenters. The van der Waals surface area contributed by atoms with E-state index in [1.807, 2.05) is 0 Å². The average Bonchev–Trinajstić information content (AvgIpc) is 2.25. The summed E-state index contributed by atoms with van der Waals surface area (Å²) in [5.74, 6) is -0.500. The quantitative estimate of drug-likeness (QED) is 0.756. The number of benzene rings is 2. The predicted octanol–water partition coefficient (Wildman–Crippen LogP) is 5.11. The van der Waals surface area contributed by atoms with Gasteiger partial charge in [0, 0.05) is 5.02 Å². The first-order valence-corrected chi connectivity index (χ1v) is 6.07. The van der Waals surface area contributed by atoms with Crippen molar-refractivity contribution in [2.45, 2.75) is 0 Å². The Morgan fingerprint density at radius 2 is 1.61 bits per heavy atom. The van der Waals surface area contributed by atoms with Gasteiger partial charge in [-0.2, -0.15) is 0 Å². The zero-order chi connectivity index (χ0) is 13.3. The smallest absolute Gasteiger partial charge is 0.126 e. The Bertz CT molecular complexity index is 579. The van der Waals surface area contributed by atoms with Crippen molar-refractivity contribution < 1.29 is 4.39 Å². The van der Waals surface area contributed by atoms with Gasteiger partial charge in [-0.1, -0.05) is 34.8 Å². The molecule has 0 aliphatic rings. The van der Waals surface area contributed by atoms with Crippen LogP contribution in [0.4, 0.5) is 21.5 Å². The van der Waals surface area contributed by atoms with Crippen molar-refractivity contribution in [2.75, 3.05) is 11.1 Å². The van der Waals surface area contributed by atoms with Crippen molar-refractivity contribution in [3.8, 4) is 0 Å². The molecule has 18 heavy (non-hydrogen) atoms. The molecule has 0 aliphatic carbocycles. The van der Waals surface area contributed by atoms with E-state index in [4.69, 9.17) is 40.5 Å². The van der Waals surface area contributed by atoms with Crippen LogP contribution in [-0.2, 0) is 0 Å². The molecule has 0 fully saturated rings. The second kappa shape index (κ2) is 5.22. The second-order valence-electron chi connectivity index (χ2n) is 3.60. The van der Waals surface area contributed by atoms with Crippen LogP contribution in [0.15, 0.2) is 30.3 Å². The third kappa shape index (κ3) is 2.80. The fourth-order valence-corrected chi connectivity index (χ4v) is 2.18. The zero-order valence-electron chi connectivity index (χ0n) is 8.98. The van der Waals surface area contributed by atoms with Crippen LogP contribution in [-0.4, -0.2) is 0 Å². The van der Waals surface area contributed by atoms with Gasteiger partial charge < -0.3 is 11.1 Å². The SMILES string of the molecule is Nc1cc(Cl)ccc1Nc1c(Cl)cc(F)cc1Cl. The molecule has 0 saturated heterocycles. The van der Waals surface area contributed by atoms with E-state index in [1.165, 1.54) is 12.1 Å². The van der Waals surface area contributed by atoms with Gasteiger partial charge in [-0.3, -0.25) is 0 Å². The maximum absolute atomic E-state index is 13.0. The summed E-state index contributed by atoms with van der Waals surface area (Å²) in [4.78, 5) is 0. The molecule has 0 aromatic heterocycles. The van der Waals surface area contributed by atoms with Gasteiger partial charge in [-0.15, -0.1) is 0 Å². The van der Waals surface area contributed by atoms with Crippen LogP contribution >= 0.6 is 34.8 Å². The molecular weight excluding hydrogens is 298 g/mol. The lowest BCUT2D eigenvalue weighted by Gasteiger charge is -2.12. The molecule has 0 heterocycles. The first-order valence-electron chi connectivity index (χ1n) is 4.94. The van der Waals surface area contributed by atoms with Gasteiger partial charge in [-0.25, -0.2) is 4.39 Å². The standard InChI is InChI=1S/C12H8Cl3FN2/c13-6-1-2-11(10(17)3-6)18-12-8(14)4-7(16)5-9(12)15/h1-5,18H,17H2. The molecule has 2 nitrogen and oxygen atoms in total. The molecule has 3 N–H and O–H groups in total. The lowest BCUT2D eigenvalue weighted by molar-refractivity contribution is 0.628. The fourth-order valence-electron chi connectivity index (χ4n) is 1.44. The Morgan fingerprint density at radius 3 is 2.17 bits per heavy atom. The number of rotatable bonds is 2. The van der Waals surface area contributed by atoms with Gasteiger partial charge >= 0.3 is 0 Å². The van der Waals surface area contributed by atoms with Crippen LogP contribution in [0.5, 0.6) is 0 Å². The minimum absolute atomic E-state index is 0.175. The third-order valence-corrected chi connectivity index (χ3v) is 3.11. The first-order chi connectivity index (χ1) is 8.47. The zero-order valence-corrected chi connectivity index (χ0v) is 11.2. The van der Waals surface area contributed by atoms with Crippen molar-refractivity contribution >= 4 is 51.9 Å². The minimum Gasteiger partial charge on any atom is -0.397 e. The van der Waals surface area contributed by atoms with Crippen LogP contribution in [0, 0.1) is 5.82 Å². The van der Waals surface area contributed by atoms with Crippen LogP contribution < -0.4 is 11.1 Å². The normalized spacial score (nSPS) is 10.4. The minimum atomic E-state index is -0.500. The topological polar surface area (TPSA) is 38.0 Å². The van der Waals surface area contributed by atoms with Crippen molar-refractivity contribution in [2.24, 2.45) is 0 Å². The third-order valence-electron chi connectivity index (χ3n) is 2.28.